The van der Waals surface area contributed by atoms with Gasteiger partial charge in [0.2, 0.25) is 0 Å². The van der Waals surface area contributed by atoms with E-state index in [1.54, 1.807) is 22.3 Å². The lowest BCUT2D eigenvalue weighted by molar-refractivity contribution is 0.0727. The van der Waals surface area contributed by atoms with Gasteiger partial charge in [-0.25, -0.2) is 9.78 Å². The molecule has 0 radical (unpaired) electrons. The lowest BCUT2D eigenvalue weighted by Gasteiger charge is -2.21. The zero-order valence-corrected chi connectivity index (χ0v) is 16.0. The molecule has 0 spiro atoms. The number of carbonyl (C=O) groups excluding carboxylic acids is 1. The Morgan fingerprint density at radius 1 is 1.33 bits per heavy atom. The molecule has 2 aromatic carbocycles. The number of amides is 1. The fraction of sp³-hybridized carbons (Fsp3) is 0.300. The lowest BCUT2D eigenvalue weighted by atomic mass is 10.1. The van der Waals surface area contributed by atoms with E-state index >= 15 is 0 Å². The minimum atomic E-state index is -0.383. The number of hydrogen-bond acceptors (Lipinski definition) is 6. The van der Waals surface area contributed by atoms with Gasteiger partial charge in [0.05, 0.1) is 29.4 Å². The molecular weight excluding hydrogens is 364 g/mol. The molecule has 140 valence electrons. The van der Waals surface area contributed by atoms with Gasteiger partial charge in [-0.05, 0) is 38.1 Å². The smallest absolute Gasteiger partial charge is 0.410 e. The molecule has 0 atom stereocenters. The van der Waals surface area contributed by atoms with Crippen molar-refractivity contribution < 1.29 is 19.4 Å². The van der Waals surface area contributed by atoms with E-state index < -0.39 is 0 Å². The van der Waals surface area contributed by atoms with Gasteiger partial charge in [0.1, 0.15) is 11.6 Å². The molecule has 0 bridgehead atoms. The molecule has 1 aliphatic heterocycles. The Morgan fingerprint density at radius 3 is 2.93 bits per heavy atom. The molecule has 7 heteroatoms. The van der Waals surface area contributed by atoms with Gasteiger partial charge < -0.3 is 19.5 Å². The Morgan fingerprint density at radius 2 is 2.15 bits per heavy atom. The number of hydrogen-bond donors (Lipinski definition) is 1. The molecule has 0 saturated carbocycles. The summed E-state index contributed by atoms with van der Waals surface area (Å²) in [6, 6.07) is 11.5. The summed E-state index contributed by atoms with van der Waals surface area (Å²) in [5.74, 6) is 0.473. The summed E-state index contributed by atoms with van der Waals surface area (Å²) in [6.45, 7) is 4.64. The SMILES string of the molecule is CC(C)OC(=O)N1CCOc2c(O)cc(-c3nc4ccccc4s3)cc2C1. The van der Waals surface area contributed by atoms with Crippen LogP contribution in [0.2, 0.25) is 0 Å². The van der Waals surface area contributed by atoms with E-state index in [0.29, 0.717) is 25.4 Å². The Kier molecular flexibility index (Phi) is 4.61. The topological polar surface area (TPSA) is 71.9 Å². The number of phenolic OH excluding ortho intramolecular Hbond substituents is 1. The third-order valence-electron chi connectivity index (χ3n) is 4.25. The van der Waals surface area contributed by atoms with Gasteiger partial charge in [-0.15, -0.1) is 11.3 Å². The van der Waals surface area contributed by atoms with E-state index in [2.05, 4.69) is 4.98 Å². The summed E-state index contributed by atoms with van der Waals surface area (Å²) in [5, 5.41) is 11.3. The van der Waals surface area contributed by atoms with Crippen LogP contribution in [0.25, 0.3) is 20.8 Å². The second kappa shape index (κ2) is 7.08. The van der Waals surface area contributed by atoms with Gasteiger partial charge >= 0.3 is 6.09 Å². The number of thiazole rings is 1. The van der Waals surface area contributed by atoms with E-state index in [-0.39, 0.29) is 17.9 Å². The summed E-state index contributed by atoms with van der Waals surface area (Å²) >= 11 is 1.56. The van der Waals surface area contributed by atoms with Crippen LogP contribution in [0.4, 0.5) is 4.79 Å². The Hall–Kier alpha value is -2.80. The molecular formula is C20H20N2O4S. The summed E-state index contributed by atoms with van der Waals surface area (Å²) in [7, 11) is 0. The highest BCUT2D eigenvalue weighted by Crippen LogP contribution is 2.39. The van der Waals surface area contributed by atoms with Crippen LogP contribution in [-0.2, 0) is 11.3 Å². The first-order chi connectivity index (χ1) is 13.0. The van der Waals surface area contributed by atoms with Gasteiger partial charge in [0.25, 0.3) is 0 Å². The Balaban J connectivity index is 1.70. The number of rotatable bonds is 2. The number of aromatic hydroxyl groups is 1. The van der Waals surface area contributed by atoms with Gasteiger partial charge in [0.15, 0.2) is 11.5 Å². The van der Waals surface area contributed by atoms with Crippen LogP contribution in [0.1, 0.15) is 19.4 Å². The van der Waals surface area contributed by atoms with Crippen molar-refractivity contribution in [2.75, 3.05) is 13.2 Å². The van der Waals surface area contributed by atoms with Gasteiger partial charge in [0, 0.05) is 11.1 Å². The number of carbonyl (C=O) groups is 1. The average Bonchev–Trinajstić information content (AvgIpc) is 2.93. The molecule has 0 saturated heterocycles. The third-order valence-corrected chi connectivity index (χ3v) is 5.34. The van der Waals surface area contributed by atoms with Gasteiger partial charge in [-0.2, -0.15) is 0 Å². The highest BCUT2D eigenvalue weighted by Gasteiger charge is 2.24. The molecule has 4 rings (SSSR count). The first-order valence-electron chi connectivity index (χ1n) is 8.81. The number of para-hydroxylation sites is 1. The molecule has 1 amide bonds. The molecule has 3 aromatic rings. The second-order valence-corrected chi connectivity index (χ2v) is 7.70. The zero-order chi connectivity index (χ0) is 19.0. The van der Waals surface area contributed by atoms with Crippen LogP contribution in [0, 0.1) is 0 Å². The maximum Gasteiger partial charge on any atom is 0.410 e. The first kappa shape index (κ1) is 17.6. The molecule has 6 nitrogen and oxygen atoms in total. The third kappa shape index (κ3) is 3.55. The van der Waals surface area contributed by atoms with Crippen molar-refractivity contribution >= 4 is 27.6 Å². The average molecular weight is 384 g/mol. The summed E-state index contributed by atoms with van der Waals surface area (Å²) < 4.78 is 12.1. The van der Waals surface area contributed by atoms with E-state index in [1.165, 1.54) is 0 Å². The first-order valence-corrected chi connectivity index (χ1v) is 9.63. The molecule has 2 heterocycles. The van der Waals surface area contributed by atoms with Crippen LogP contribution < -0.4 is 4.74 Å². The second-order valence-electron chi connectivity index (χ2n) is 6.67. The van der Waals surface area contributed by atoms with E-state index in [9.17, 15) is 9.90 Å². The number of ether oxygens (including phenoxy) is 2. The van der Waals surface area contributed by atoms with Gasteiger partial charge in [-0.3, -0.25) is 0 Å². The Bertz CT molecular complexity index is 966. The quantitative estimate of drug-likeness (QED) is 0.709. The van der Waals surface area contributed by atoms with Crippen LogP contribution in [0.15, 0.2) is 36.4 Å². The number of phenols is 1. The Labute approximate surface area is 161 Å². The fourth-order valence-electron chi connectivity index (χ4n) is 3.05. The standard InChI is InChI=1S/C20H20N2O4S/c1-12(2)26-20(24)22-7-8-25-18-14(11-22)9-13(10-16(18)23)19-21-15-5-3-4-6-17(15)27-19/h3-6,9-10,12,23H,7-8,11H2,1-2H3. The molecule has 0 fully saturated rings. The zero-order valence-electron chi connectivity index (χ0n) is 15.1. The molecule has 1 aromatic heterocycles. The van der Waals surface area contributed by atoms with E-state index in [0.717, 1.165) is 26.4 Å². The molecule has 27 heavy (non-hydrogen) atoms. The molecule has 1 aliphatic rings. The van der Waals surface area contributed by atoms with Crippen molar-refractivity contribution in [3.63, 3.8) is 0 Å². The van der Waals surface area contributed by atoms with Crippen molar-refractivity contribution in [1.82, 2.24) is 9.88 Å². The maximum absolute atomic E-state index is 12.3. The number of nitrogens with zero attached hydrogens (tertiary/aromatic N) is 2. The number of fused-ring (bicyclic) bond motifs is 2. The van der Waals surface area contributed by atoms with Crippen LogP contribution in [-0.4, -0.2) is 40.3 Å². The van der Waals surface area contributed by atoms with Crippen molar-refractivity contribution in [2.45, 2.75) is 26.5 Å². The van der Waals surface area contributed by atoms with Gasteiger partial charge in [-0.1, -0.05) is 12.1 Å². The maximum atomic E-state index is 12.3. The largest absolute Gasteiger partial charge is 0.504 e. The predicted molar refractivity (Wildman–Crippen MR) is 104 cm³/mol. The fourth-order valence-corrected chi connectivity index (χ4v) is 4.00. The summed E-state index contributed by atoms with van der Waals surface area (Å²) in [5.41, 5.74) is 2.46. The number of benzene rings is 2. The molecule has 0 aliphatic carbocycles. The minimum Gasteiger partial charge on any atom is -0.504 e. The van der Waals surface area contributed by atoms with Crippen LogP contribution in [0.3, 0.4) is 0 Å². The molecule has 1 N–H and O–H groups in total. The molecule has 0 unspecified atom stereocenters. The van der Waals surface area contributed by atoms with Crippen LogP contribution >= 0.6 is 11.3 Å². The highest BCUT2D eigenvalue weighted by atomic mass is 32.1. The van der Waals surface area contributed by atoms with Crippen molar-refractivity contribution in [3.05, 3.63) is 42.0 Å². The van der Waals surface area contributed by atoms with Crippen molar-refractivity contribution in [1.29, 1.82) is 0 Å². The van der Waals surface area contributed by atoms with E-state index in [4.69, 9.17) is 9.47 Å². The monoisotopic (exact) mass is 384 g/mol. The minimum absolute atomic E-state index is 0.0563. The van der Waals surface area contributed by atoms with Crippen molar-refractivity contribution in [2.24, 2.45) is 0 Å². The summed E-state index contributed by atoms with van der Waals surface area (Å²) in [4.78, 5) is 18.5. The highest BCUT2D eigenvalue weighted by molar-refractivity contribution is 7.21. The summed E-state index contributed by atoms with van der Waals surface area (Å²) in [6.07, 6.45) is -0.574. The predicted octanol–water partition coefficient (Wildman–Crippen LogP) is 4.41. The lowest BCUT2D eigenvalue weighted by Crippen LogP contribution is -2.34. The number of aromatic nitrogens is 1. The van der Waals surface area contributed by atoms with Crippen LogP contribution in [0.5, 0.6) is 11.5 Å². The van der Waals surface area contributed by atoms with Crippen molar-refractivity contribution in [3.8, 4) is 22.1 Å². The normalized spacial score (nSPS) is 14.0. The van der Waals surface area contributed by atoms with E-state index in [1.807, 2.05) is 44.2 Å².